The van der Waals surface area contributed by atoms with Crippen LogP contribution in [0.2, 0.25) is 0 Å². The summed E-state index contributed by atoms with van der Waals surface area (Å²) in [4.78, 5) is 3.25. The van der Waals surface area contributed by atoms with E-state index in [1.807, 2.05) is 12.3 Å². The lowest BCUT2D eigenvalue weighted by molar-refractivity contribution is 1.29. The van der Waals surface area contributed by atoms with E-state index in [9.17, 15) is 0 Å². The third-order valence-electron chi connectivity index (χ3n) is 2.54. The summed E-state index contributed by atoms with van der Waals surface area (Å²) in [5.74, 6) is 0. The molecule has 0 saturated carbocycles. The Hall–Kier alpha value is -1.50. The van der Waals surface area contributed by atoms with Gasteiger partial charge in [-0.05, 0) is 44.0 Å². The molecule has 0 aliphatic carbocycles. The fourth-order valence-corrected chi connectivity index (χ4v) is 2.09. The van der Waals surface area contributed by atoms with E-state index in [1.165, 1.54) is 27.9 Å². The van der Waals surface area contributed by atoms with Crippen molar-refractivity contribution in [1.29, 1.82) is 0 Å². The number of rotatable bonds is 1. The zero-order chi connectivity index (χ0) is 10.1. The lowest BCUT2D eigenvalue weighted by Crippen LogP contribution is -1.89. The molecule has 2 aromatic rings. The summed E-state index contributed by atoms with van der Waals surface area (Å²) in [6.45, 7) is 6.46. The lowest BCUT2D eigenvalue weighted by Gasteiger charge is -2.09. The Kier molecular flexibility index (Phi) is 2.16. The second kappa shape index (κ2) is 3.33. The monoisotopic (exact) mass is 185 g/mol. The number of nitrogens with one attached hydrogen (secondary N) is 1. The molecule has 1 heteroatoms. The van der Waals surface area contributed by atoms with E-state index < -0.39 is 0 Å². The number of benzene rings is 1. The molecular weight excluding hydrogens is 170 g/mol. The number of hydrogen-bond donors (Lipinski definition) is 1. The van der Waals surface area contributed by atoms with Crippen LogP contribution in [0.15, 0.2) is 30.5 Å². The van der Waals surface area contributed by atoms with Gasteiger partial charge < -0.3 is 4.98 Å². The van der Waals surface area contributed by atoms with Crippen molar-refractivity contribution in [2.75, 3.05) is 0 Å². The molecule has 0 amide bonds. The van der Waals surface area contributed by atoms with Gasteiger partial charge in [-0.3, -0.25) is 0 Å². The van der Waals surface area contributed by atoms with Crippen LogP contribution in [-0.4, -0.2) is 4.98 Å². The van der Waals surface area contributed by atoms with Gasteiger partial charge in [-0.25, -0.2) is 0 Å². The molecule has 14 heavy (non-hydrogen) atoms. The zero-order valence-electron chi connectivity index (χ0n) is 8.89. The summed E-state index contributed by atoms with van der Waals surface area (Å²) >= 11 is 0. The minimum atomic E-state index is 1.21. The van der Waals surface area contributed by atoms with Gasteiger partial charge >= 0.3 is 0 Å². The van der Waals surface area contributed by atoms with Crippen LogP contribution in [0.3, 0.4) is 0 Å². The first kappa shape index (κ1) is 9.07. The second-order valence-corrected chi connectivity index (χ2v) is 3.86. The number of aryl methyl sites for hydroxylation is 3. The zero-order valence-corrected chi connectivity index (χ0v) is 8.89. The van der Waals surface area contributed by atoms with Crippen molar-refractivity contribution in [3.05, 3.63) is 47.2 Å². The quantitative estimate of drug-likeness (QED) is 0.698. The van der Waals surface area contributed by atoms with Crippen molar-refractivity contribution in [2.24, 2.45) is 0 Å². The molecule has 0 saturated heterocycles. The minimum Gasteiger partial charge on any atom is -0.361 e. The third kappa shape index (κ3) is 1.46. The van der Waals surface area contributed by atoms with Crippen LogP contribution in [0, 0.1) is 20.8 Å². The molecular formula is C13H15N. The van der Waals surface area contributed by atoms with E-state index in [0.29, 0.717) is 0 Å². The molecule has 0 atom stereocenters. The van der Waals surface area contributed by atoms with Crippen LogP contribution in [0.4, 0.5) is 0 Å². The first-order valence-electron chi connectivity index (χ1n) is 4.90. The van der Waals surface area contributed by atoms with Gasteiger partial charge in [-0.2, -0.15) is 0 Å². The topological polar surface area (TPSA) is 15.8 Å². The summed E-state index contributed by atoms with van der Waals surface area (Å²) in [6, 6.07) is 8.60. The number of aromatic nitrogens is 1. The summed E-state index contributed by atoms with van der Waals surface area (Å²) in [5, 5.41) is 0. The van der Waals surface area contributed by atoms with Crippen LogP contribution < -0.4 is 0 Å². The average molecular weight is 185 g/mol. The van der Waals surface area contributed by atoms with Crippen molar-refractivity contribution in [1.82, 2.24) is 4.98 Å². The summed E-state index contributed by atoms with van der Waals surface area (Å²) in [5.41, 5.74) is 6.55. The van der Waals surface area contributed by atoms with E-state index in [0.717, 1.165) is 0 Å². The van der Waals surface area contributed by atoms with Crippen LogP contribution in [0.5, 0.6) is 0 Å². The van der Waals surface area contributed by atoms with Crippen molar-refractivity contribution in [3.8, 4) is 11.3 Å². The van der Waals surface area contributed by atoms with Crippen molar-refractivity contribution in [3.63, 3.8) is 0 Å². The van der Waals surface area contributed by atoms with Crippen LogP contribution in [0.25, 0.3) is 11.3 Å². The first-order chi connectivity index (χ1) is 6.68. The predicted octanol–water partition coefficient (Wildman–Crippen LogP) is 3.61. The van der Waals surface area contributed by atoms with Gasteiger partial charge in [-0.1, -0.05) is 17.7 Å². The largest absolute Gasteiger partial charge is 0.361 e. The fraction of sp³-hybridized carbons (Fsp3) is 0.231. The van der Waals surface area contributed by atoms with E-state index in [2.05, 4.69) is 44.0 Å². The van der Waals surface area contributed by atoms with E-state index in [1.54, 1.807) is 0 Å². The van der Waals surface area contributed by atoms with Gasteiger partial charge in [0.1, 0.15) is 0 Å². The molecule has 1 aromatic carbocycles. The predicted molar refractivity (Wildman–Crippen MR) is 60.4 cm³/mol. The number of hydrogen-bond acceptors (Lipinski definition) is 0. The molecule has 1 aromatic heterocycles. The normalized spacial score (nSPS) is 10.5. The summed E-state index contributed by atoms with van der Waals surface area (Å²) in [6.07, 6.45) is 1.97. The smallest absolute Gasteiger partial charge is 0.0459 e. The second-order valence-electron chi connectivity index (χ2n) is 3.86. The van der Waals surface area contributed by atoms with Crippen molar-refractivity contribution < 1.29 is 0 Å². The summed E-state index contributed by atoms with van der Waals surface area (Å²) in [7, 11) is 0. The van der Waals surface area contributed by atoms with Gasteiger partial charge in [-0.15, -0.1) is 0 Å². The fourth-order valence-electron chi connectivity index (χ4n) is 2.09. The Labute approximate surface area is 84.8 Å². The van der Waals surface area contributed by atoms with Crippen LogP contribution in [0.1, 0.15) is 16.7 Å². The highest BCUT2D eigenvalue weighted by atomic mass is 14.7. The molecule has 0 aliphatic heterocycles. The van der Waals surface area contributed by atoms with Gasteiger partial charge in [0.2, 0.25) is 0 Å². The number of H-pyrrole nitrogens is 1. The lowest BCUT2D eigenvalue weighted by atomic mass is 9.98. The molecule has 0 aliphatic rings. The van der Waals surface area contributed by atoms with Crippen molar-refractivity contribution >= 4 is 0 Å². The van der Waals surface area contributed by atoms with E-state index in [-0.39, 0.29) is 0 Å². The maximum absolute atomic E-state index is 3.25. The Morgan fingerprint density at radius 2 is 1.64 bits per heavy atom. The molecule has 1 nitrogen and oxygen atoms in total. The molecule has 72 valence electrons. The average Bonchev–Trinajstić information content (AvgIpc) is 2.54. The Morgan fingerprint density at radius 1 is 1.00 bits per heavy atom. The number of aromatic amines is 1. The molecule has 0 spiro atoms. The molecule has 0 unspecified atom stereocenters. The van der Waals surface area contributed by atoms with Gasteiger partial charge in [0, 0.05) is 17.5 Å². The highest BCUT2D eigenvalue weighted by Crippen LogP contribution is 2.26. The van der Waals surface area contributed by atoms with Gasteiger partial charge in [0.15, 0.2) is 0 Å². The molecule has 1 heterocycles. The molecule has 0 radical (unpaired) electrons. The van der Waals surface area contributed by atoms with Gasteiger partial charge in [0.25, 0.3) is 0 Å². The molecule has 1 N–H and O–H groups in total. The standard InChI is InChI=1S/C13H15N/c1-9-7-10(2)13(11(3)8-9)12-5-4-6-14-12/h4-8,14H,1-3H3. The first-order valence-corrected chi connectivity index (χ1v) is 4.90. The molecule has 0 bridgehead atoms. The highest BCUT2D eigenvalue weighted by Gasteiger charge is 2.06. The van der Waals surface area contributed by atoms with Crippen LogP contribution in [-0.2, 0) is 0 Å². The maximum atomic E-state index is 3.25. The molecule has 0 fully saturated rings. The Balaban J connectivity index is 2.64. The molecule has 2 rings (SSSR count). The highest BCUT2D eigenvalue weighted by molar-refractivity contribution is 5.68. The Morgan fingerprint density at radius 3 is 2.14 bits per heavy atom. The van der Waals surface area contributed by atoms with Crippen molar-refractivity contribution in [2.45, 2.75) is 20.8 Å². The van der Waals surface area contributed by atoms with Gasteiger partial charge in [0.05, 0.1) is 0 Å². The van der Waals surface area contributed by atoms with E-state index in [4.69, 9.17) is 0 Å². The van der Waals surface area contributed by atoms with Crippen LogP contribution >= 0.6 is 0 Å². The summed E-state index contributed by atoms with van der Waals surface area (Å²) < 4.78 is 0. The Bertz CT molecular complexity index is 415. The minimum absolute atomic E-state index is 1.21. The maximum Gasteiger partial charge on any atom is 0.0459 e. The third-order valence-corrected chi connectivity index (χ3v) is 2.54. The SMILES string of the molecule is Cc1cc(C)c(-c2ccc[nH]2)c(C)c1. The van der Waals surface area contributed by atoms with E-state index >= 15 is 0 Å².